The zero-order chi connectivity index (χ0) is 21.8. The number of hydrogen-bond donors (Lipinski definition) is 1. The van der Waals surface area contributed by atoms with Gasteiger partial charge in [-0.25, -0.2) is 4.79 Å². The molecule has 7 nitrogen and oxygen atoms in total. The molecular formula is C20H15Cl2NO6S. The molecule has 2 amide bonds. The van der Waals surface area contributed by atoms with E-state index in [0.29, 0.717) is 26.9 Å². The first-order chi connectivity index (χ1) is 14.3. The lowest BCUT2D eigenvalue weighted by atomic mass is 10.1. The third-order valence-corrected chi connectivity index (χ3v) is 5.70. The molecule has 0 spiro atoms. The molecule has 3 rings (SSSR count). The minimum absolute atomic E-state index is 0.0359. The van der Waals surface area contributed by atoms with Crippen LogP contribution in [-0.2, 0) is 16.1 Å². The van der Waals surface area contributed by atoms with Crippen LogP contribution in [0, 0.1) is 0 Å². The molecule has 1 fully saturated rings. The molecule has 0 unspecified atom stereocenters. The number of ether oxygens (including phenoxy) is 2. The maximum atomic E-state index is 12.8. The van der Waals surface area contributed by atoms with Crippen molar-refractivity contribution in [2.75, 3.05) is 13.7 Å². The van der Waals surface area contributed by atoms with Crippen LogP contribution in [0.2, 0.25) is 10.0 Å². The van der Waals surface area contributed by atoms with E-state index in [1.54, 1.807) is 36.4 Å². The Kier molecular flexibility index (Phi) is 6.91. The van der Waals surface area contributed by atoms with Crippen LogP contribution in [0.5, 0.6) is 11.5 Å². The van der Waals surface area contributed by atoms with Crippen molar-refractivity contribution in [3.05, 3.63) is 62.5 Å². The quantitative estimate of drug-likeness (QED) is 0.589. The fourth-order valence-corrected chi connectivity index (χ4v) is 4.02. The third kappa shape index (κ3) is 4.89. The van der Waals surface area contributed by atoms with Crippen molar-refractivity contribution in [1.82, 2.24) is 4.90 Å². The fourth-order valence-electron chi connectivity index (χ4n) is 2.66. The Balaban J connectivity index is 1.82. The minimum atomic E-state index is -1.12. The minimum Gasteiger partial charge on any atom is -0.493 e. The van der Waals surface area contributed by atoms with Gasteiger partial charge in [0.15, 0.2) is 18.1 Å². The molecule has 0 atom stereocenters. The Morgan fingerprint density at radius 2 is 1.87 bits per heavy atom. The lowest BCUT2D eigenvalue weighted by molar-refractivity contribution is -0.139. The summed E-state index contributed by atoms with van der Waals surface area (Å²) in [6.07, 6.45) is 1.54. The number of carbonyl (C=O) groups is 3. The van der Waals surface area contributed by atoms with Gasteiger partial charge < -0.3 is 14.6 Å². The Morgan fingerprint density at radius 3 is 2.50 bits per heavy atom. The van der Waals surface area contributed by atoms with E-state index in [1.807, 2.05) is 0 Å². The van der Waals surface area contributed by atoms with Crippen molar-refractivity contribution >= 4 is 58.2 Å². The highest BCUT2D eigenvalue weighted by Gasteiger charge is 2.35. The van der Waals surface area contributed by atoms with E-state index in [2.05, 4.69) is 0 Å². The van der Waals surface area contributed by atoms with Gasteiger partial charge in [0.05, 0.1) is 18.6 Å². The second-order valence-electron chi connectivity index (χ2n) is 6.06. The normalized spacial score (nSPS) is 15.0. The molecule has 156 valence electrons. The van der Waals surface area contributed by atoms with Crippen molar-refractivity contribution in [3.8, 4) is 11.5 Å². The number of carboxylic acid groups (broad SMARTS) is 1. The number of nitrogens with zero attached hydrogens (tertiary/aromatic N) is 1. The number of rotatable bonds is 7. The molecule has 1 aliphatic rings. The number of aliphatic carboxylic acids is 1. The average Bonchev–Trinajstić information content (AvgIpc) is 2.96. The van der Waals surface area contributed by atoms with Crippen LogP contribution < -0.4 is 9.47 Å². The first-order valence-electron chi connectivity index (χ1n) is 8.51. The highest BCUT2D eigenvalue weighted by Crippen LogP contribution is 2.36. The zero-order valence-electron chi connectivity index (χ0n) is 15.6. The van der Waals surface area contributed by atoms with Gasteiger partial charge in [0.1, 0.15) is 0 Å². The molecule has 1 N–H and O–H groups in total. The fraction of sp³-hybridized carbons (Fsp3) is 0.150. The molecule has 0 radical (unpaired) electrons. The largest absolute Gasteiger partial charge is 0.493 e. The third-order valence-electron chi connectivity index (χ3n) is 4.09. The molecule has 0 bridgehead atoms. The number of carbonyl (C=O) groups excluding carboxylic acids is 2. The summed E-state index contributed by atoms with van der Waals surface area (Å²) in [6, 6.07) is 9.69. The Morgan fingerprint density at radius 1 is 1.17 bits per heavy atom. The second kappa shape index (κ2) is 9.42. The predicted molar refractivity (Wildman–Crippen MR) is 114 cm³/mol. The van der Waals surface area contributed by atoms with Crippen molar-refractivity contribution in [1.29, 1.82) is 0 Å². The van der Waals surface area contributed by atoms with Gasteiger partial charge in [-0.1, -0.05) is 35.3 Å². The van der Waals surface area contributed by atoms with Gasteiger partial charge in [-0.2, -0.15) is 0 Å². The lowest BCUT2D eigenvalue weighted by Crippen LogP contribution is -2.27. The highest BCUT2D eigenvalue weighted by atomic mass is 35.5. The van der Waals surface area contributed by atoms with Crippen LogP contribution in [0.3, 0.4) is 0 Å². The summed E-state index contributed by atoms with van der Waals surface area (Å²) in [5, 5.41) is 9.03. The van der Waals surface area contributed by atoms with Crippen LogP contribution in [0.4, 0.5) is 4.79 Å². The Bertz CT molecular complexity index is 1040. The van der Waals surface area contributed by atoms with Crippen molar-refractivity contribution in [2.45, 2.75) is 6.54 Å². The van der Waals surface area contributed by atoms with E-state index in [9.17, 15) is 14.4 Å². The number of amides is 2. The number of thioether (sulfide) groups is 1. The molecule has 10 heteroatoms. The highest BCUT2D eigenvalue weighted by molar-refractivity contribution is 8.18. The summed E-state index contributed by atoms with van der Waals surface area (Å²) in [6.45, 7) is -0.551. The number of hydrogen-bond acceptors (Lipinski definition) is 6. The summed E-state index contributed by atoms with van der Waals surface area (Å²) in [5.41, 5.74) is 1.07. The zero-order valence-corrected chi connectivity index (χ0v) is 17.9. The molecular weight excluding hydrogens is 453 g/mol. The average molecular weight is 468 g/mol. The second-order valence-corrected chi connectivity index (χ2v) is 7.87. The summed E-state index contributed by atoms with van der Waals surface area (Å²) in [5.74, 6) is -1.04. The summed E-state index contributed by atoms with van der Waals surface area (Å²) >= 11 is 13.1. The molecule has 30 heavy (non-hydrogen) atoms. The van der Waals surface area contributed by atoms with Crippen molar-refractivity contribution < 1.29 is 29.0 Å². The maximum Gasteiger partial charge on any atom is 0.341 e. The number of halogens is 2. The topological polar surface area (TPSA) is 93.1 Å². The van der Waals surface area contributed by atoms with Gasteiger partial charge in [-0.15, -0.1) is 0 Å². The van der Waals surface area contributed by atoms with Crippen LogP contribution >= 0.6 is 35.0 Å². The maximum absolute atomic E-state index is 12.8. The molecule has 1 heterocycles. The van der Waals surface area contributed by atoms with Crippen LogP contribution in [-0.4, -0.2) is 40.8 Å². The smallest absolute Gasteiger partial charge is 0.341 e. The molecule has 0 aliphatic carbocycles. The number of benzene rings is 2. The Hall–Kier alpha value is -2.68. The van der Waals surface area contributed by atoms with E-state index in [0.717, 1.165) is 16.7 Å². The van der Waals surface area contributed by atoms with Gasteiger partial charge in [0.2, 0.25) is 0 Å². The molecule has 2 aromatic rings. The first kappa shape index (κ1) is 22.0. The SMILES string of the molecule is COc1cc(/C=C2/SC(=O)N(Cc3c(Cl)cccc3Cl)C2=O)ccc1OCC(=O)O. The van der Waals surface area contributed by atoms with E-state index in [-0.39, 0.29) is 17.2 Å². The number of methoxy groups -OCH3 is 1. The molecule has 0 saturated carbocycles. The molecule has 0 aromatic heterocycles. The molecule has 2 aromatic carbocycles. The summed E-state index contributed by atoms with van der Waals surface area (Å²) in [4.78, 5) is 37.1. The van der Waals surface area contributed by atoms with E-state index >= 15 is 0 Å². The van der Waals surface area contributed by atoms with Crippen molar-refractivity contribution in [3.63, 3.8) is 0 Å². The van der Waals surface area contributed by atoms with E-state index in [4.69, 9.17) is 37.8 Å². The Labute approximate surface area is 186 Å². The standard InChI is InChI=1S/C20H15Cl2NO6S/c1-28-16-7-11(5-6-15(16)29-10-18(24)25)8-17-19(26)23(20(27)30-17)9-12-13(21)3-2-4-14(12)22/h2-8H,9-10H2,1H3,(H,24,25)/b17-8+. The first-order valence-corrected chi connectivity index (χ1v) is 10.1. The van der Waals surface area contributed by atoms with Crippen LogP contribution in [0.15, 0.2) is 41.3 Å². The summed E-state index contributed by atoms with van der Waals surface area (Å²) < 4.78 is 10.4. The van der Waals surface area contributed by atoms with Gasteiger partial charge in [0.25, 0.3) is 11.1 Å². The lowest BCUT2D eigenvalue weighted by Gasteiger charge is -2.14. The van der Waals surface area contributed by atoms with Gasteiger partial charge in [-0.05, 0) is 47.7 Å². The van der Waals surface area contributed by atoms with Crippen LogP contribution in [0.25, 0.3) is 6.08 Å². The van der Waals surface area contributed by atoms with Gasteiger partial charge >= 0.3 is 5.97 Å². The van der Waals surface area contributed by atoms with Crippen molar-refractivity contribution in [2.24, 2.45) is 0 Å². The van der Waals surface area contributed by atoms with E-state index < -0.39 is 23.7 Å². The van der Waals surface area contributed by atoms with Gasteiger partial charge in [-0.3, -0.25) is 14.5 Å². The molecule has 1 aliphatic heterocycles. The van der Waals surface area contributed by atoms with E-state index in [1.165, 1.54) is 13.2 Å². The number of carboxylic acids is 1. The van der Waals surface area contributed by atoms with Gasteiger partial charge in [0, 0.05) is 15.6 Å². The predicted octanol–water partition coefficient (Wildman–Crippen LogP) is 4.70. The van der Waals surface area contributed by atoms with Crippen LogP contribution in [0.1, 0.15) is 11.1 Å². The molecule has 1 saturated heterocycles. The number of imide groups is 1. The summed E-state index contributed by atoms with van der Waals surface area (Å²) in [7, 11) is 1.41. The monoisotopic (exact) mass is 467 g/mol.